The highest BCUT2D eigenvalue weighted by Gasteiger charge is 2.35. The van der Waals surface area contributed by atoms with Crippen LogP contribution >= 0.6 is 11.6 Å². The van der Waals surface area contributed by atoms with E-state index in [4.69, 9.17) is 16.3 Å². The molecule has 4 heteroatoms. The highest BCUT2D eigenvalue weighted by Crippen LogP contribution is 2.34. The highest BCUT2D eigenvalue weighted by atomic mass is 35.5. The predicted molar refractivity (Wildman–Crippen MR) is 73.5 cm³/mol. The summed E-state index contributed by atoms with van der Waals surface area (Å²) < 4.78 is 19.8. The fourth-order valence-corrected chi connectivity index (χ4v) is 2.40. The third-order valence-electron chi connectivity index (χ3n) is 3.35. The maximum Gasteiger partial charge on any atom is 0.129 e. The normalized spacial score (nSPS) is 16.3. The second-order valence-electron chi connectivity index (χ2n) is 4.49. The molecule has 102 valence electrons. The van der Waals surface area contributed by atoms with E-state index in [1.165, 1.54) is 6.07 Å². The summed E-state index contributed by atoms with van der Waals surface area (Å²) >= 11 is 5.78. The van der Waals surface area contributed by atoms with Gasteiger partial charge in [0.05, 0.1) is 11.6 Å². The summed E-state index contributed by atoms with van der Waals surface area (Å²) in [6.45, 7) is 6.57. The van der Waals surface area contributed by atoms with Crippen molar-refractivity contribution in [3.8, 4) is 0 Å². The second kappa shape index (κ2) is 6.50. The lowest BCUT2D eigenvalue weighted by atomic mass is 9.87. The molecule has 0 saturated heterocycles. The molecule has 1 aromatic carbocycles. The number of ether oxygens (including phenoxy) is 1. The van der Waals surface area contributed by atoms with Crippen molar-refractivity contribution in [3.63, 3.8) is 0 Å². The Bertz CT molecular complexity index is 399. The van der Waals surface area contributed by atoms with Crippen LogP contribution in [0.1, 0.15) is 38.8 Å². The summed E-state index contributed by atoms with van der Waals surface area (Å²) in [5, 5.41) is 3.55. The quantitative estimate of drug-likeness (QED) is 0.847. The Kier molecular flexibility index (Phi) is 5.57. The van der Waals surface area contributed by atoms with Crippen LogP contribution in [0.25, 0.3) is 0 Å². The molecule has 0 amide bonds. The van der Waals surface area contributed by atoms with Crippen molar-refractivity contribution in [2.75, 3.05) is 13.7 Å². The third kappa shape index (κ3) is 3.22. The minimum Gasteiger partial charge on any atom is -0.374 e. The average Bonchev–Trinajstić information content (AvgIpc) is 2.33. The predicted octanol–water partition coefficient (Wildman–Crippen LogP) is 3.94. The molecule has 0 aliphatic heterocycles. The van der Waals surface area contributed by atoms with Crippen molar-refractivity contribution in [2.24, 2.45) is 0 Å². The van der Waals surface area contributed by atoms with Crippen LogP contribution in [0.15, 0.2) is 18.2 Å². The second-order valence-corrected chi connectivity index (χ2v) is 4.92. The Morgan fingerprint density at radius 3 is 2.56 bits per heavy atom. The fourth-order valence-electron chi connectivity index (χ4n) is 2.24. The van der Waals surface area contributed by atoms with Gasteiger partial charge in [0.1, 0.15) is 5.82 Å². The zero-order chi connectivity index (χ0) is 13.8. The minimum atomic E-state index is -0.446. The highest BCUT2D eigenvalue weighted by molar-refractivity contribution is 6.30. The van der Waals surface area contributed by atoms with E-state index in [-0.39, 0.29) is 11.9 Å². The first-order valence-corrected chi connectivity index (χ1v) is 6.62. The number of benzene rings is 1. The monoisotopic (exact) mass is 273 g/mol. The van der Waals surface area contributed by atoms with Gasteiger partial charge >= 0.3 is 0 Å². The van der Waals surface area contributed by atoms with E-state index < -0.39 is 5.60 Å². The molecule has 0 aliphatic carbocycles. The first-order chi connectivity index (χ1) is 8.48. The molecule has 1 aromatic rings. The van der Waals surface area contributed by atoms with E-state index in [2.05, 4.69) is 5.32 Å². The molecule has 0 fully saturated rings. The molecule has 18 heavy (non-hydrogen) atoms. The third-order valence-corrected chi connectivity index (χ3v) is 3.58. The number of likely N-dealkylation sites (N-methyl/N-ethyl adjacent to an activating group) is 1. The van der Waals surface area contributed by atoms with Crippen molar-refractivity contribution < 1.29 is 9.13 Å². The molecule has 0 heterocycles. The van der Waals surface area contributed by atoms with Gasteiger partial charge in [-0.05, 0) is 39.4 Å². The molecule has 0 saturated carbocycles. The van der Waals surface area contributed by atoms with Crippen LogP contribution < -0.4 is 5.32 Å². The number of halogens is 2. The maximum absolute atomic E-state index is 14.0. The summed E-state index contributed by atoms with van der Waals surface area (Å²) in [6.07, 6.45) is 0.786. The first-order valence-electron chi connectivity index (χ1n) is 6.24. The molecule has 0 aliphatic rings. The fraction of sp³-hybridized carbons (Fsp3) is 0.571. The Hall–Kier alpha value is -0.640. The van der Waals surface area contributed by atoms with Gasteiger partial charge in [0.15, 0.2) is 0 Å². The lowest BCUT2D eigenvalue weighted by Gasteiger charge is -2.37. The van der Waals surface area contributed by atoms with Gasteiger partial charge in [-0.3, -0.25) is 0 Å². The summed E-state index contributed by atoms with van der Waals surface area (Å²) in [5.74, 6) is -0.304. The van der Waals surface area contributed by atoms with Gasteiger partial charge in [-0.15, -0.1) is 0 Å². The van der Waals surface area contributed by atoms with Gasteiger partial charge in [-0.25, -0.2) is 4.39 Å². The summed E-state index contributed by atoms with van der Waals surface area (Å²) in [5.41, 5.74) is 0.137. The summed E-state index contributed by atoms with van der Waals surface area (Å²) in [6, 6.07) is 4.54. The molecule has 2 unspecified atom stereocenters. The van der Waals surface area contributed by atoms with E-state index in [1.807, 2.05) is 27.8 Å². The van der Waals surface area contributed by atoms with Gasteiger partial charge in [0, 0.05) is 17.2 Å². The van der Waals surface area contributed by atoms with Crippen LogP contribution in [0, 0.1) is 5.82 Å². The Balaban J connectivity index is 3.15. The molecular weight excluding hydrogens is 253 g/mol. The molecule has 2 nitrogen and oxygen atoms in total. The molecule has 1 N–H and O–H groups in total. The lowest BCUT2D eigenvalue weighted by Crippen LogP contribution is -2.42. The van der Waals surface area contributed by atoms with Gasteiger partial charge < -0.3 is 10.1 Å². The molecule has 0 bridgehead atoms. The van der Waals surface area contributed by atoms with E-state index in [9.17, 15) is 4.39 Å². The van der Waals surface area contributed by atoms with Gasteiger partial charge in [0.2, 0.25) is 0 Å². The number of nitrogens with one attached hydrogen (secondary N) is 1. The zero-order valence-electron chi connectivity index (χ0n) is 11.4. The zero-order valence-corrected chi connectivity index (χ0v) is 12.1. The van der Waals surface area contributed by atoms with Crippen LogP contribution in [0.2, 0.25) is 5.02 Å². The molecule has 0 aromatic heterocycles. The van der Waals surface area contributed by atoms with Crippen molar-refractivity contribution in [1.29, 1.82) is 0 Å². The van der Waals surface area contributed by atoms with Crippen molar-refractivity contribution >= 4 is 11.6 Å². The Labute approximate surface area is 113 Å². The molecule has 1 rings (SSSR count). The molecule has 0 spiro atoms. The Morgan fingerprint density at radius 2 is 2.11 bits per heavy atom. The van der Waals surface area contributed by atoms with Crippen molar-refractivity contribution in [3.05, 3.63) is 34.6 Å². The van der Waals surface area contributed by atoms with Crippen molar-refractivity contribution in [2.45, 2.75) is 38.8 Å². The number of hydrogen-bond donors (Lipinski definition) is 1. The summed E-state index contributed by atoms with van der Waals surface area (Å²) in [4.78, 5) is 0. The largest absolute Gasteiger partial charge is 0.374 e. The minimum absolute atomic E-state index is 0.209. The van der Waals surface area contributed by atoms with Crippen LogP contribution in [0.4, 0.5) is 4.39 Å². The van der Waals surface area contributed by atoms with Crippen LogP contribution in [0.3, 0.4) is 0 Å². The van der Waals surface area contributed by atoms with Crippen LogP contribution in [-0.4, -0.2) is 19.3 Å². The molecular formula is C14H21ClFNO. The van der Waals surface area contributed by atoms with Crippen LogP contribution in [-0.2, 0) is 4.74 Å². The SMILES string of the molecule is CCOC(C)(CC)C(NC)c1ccc(Cl)cc1F. The Morgan fingerprint density at radius 1 is 1.44 bits per heavy atom. The summed E-state index contributed by atoms with van der Waals surface area (Å²) in [7, 11) is 1.81. The molecule has 0 radical (unpaired) electrons. The van der Waals surface area contributed by atoms with E-state index in [1.54, 1.807) is 12.1 Å². The topological polar surface area (TPSA) is 21.3 Å². The molecule has 2 atom stereocenters. The van der Waals surface area contributed by atoms with Crippen LogP contribution in [0.5, 0.6) is 0 Å². The van der Waals surface area contributed by atoms with E-state index in [0.717, 1.165) is 6.42 Å². The van der Waals surface area contributed by atoms with Gasteiger partial charge in [0.25, 0.3) is 0 Å². The number of rotatable bonds is 6. The standard InChI is InChI=1S/C14H21ClFNO/c1-5-14(3,18-6-2)13(17-4)11-8-7-10(15)9-12(11)16/h7-9,13,17H,5-6H2,1-4H3. The van der Waals surface area contributed by atoms with Crippen molar-refractivity contribution in [1.82, 2.24) is 5.32 Å². The number of hydrogen-bond acceptors (Lipinski definition) is 2. The maximum atomic E-state index is 14.0. The van der Waals surface area contributed by atoms with Gasteiger partial charge in [-0.1, -0.05) is 24.6 Å². The van der Waals surface area contributed by atoms with E-state index in [0.29, 0.717) is 17.2 Å². The smallest absolute Gasteiger partial charge is 0.129 e. The van der Waals surface area contributed by atoms with E-state index >= 15 is 0 Å². The van der Waals surface area contributed by atoms with Gasteiger partial charge in [-0.2, -0.15) is 0 Å². The lowest BCUT2D eigenvalue weighted by molar-refractivity contribution is -0.0554. The average molecular weight is 274 g/mol. The first kappa shape index (κ1) is 15.4.